The van der Waals surface area contributed by atoms with Crippen LogP contribution in [0.1, 0.15) is 5.56 Å². The highest BCUT2D eigenvalue weighted by Gasteiger charge is 2.10. The Bertz CT molecular complexity index is 314. The van der Waals surface area contributed by atoms with Crippen LogP contribution >= 0.6 is 11.6 Å². The summed E-state index contributed by atoms with van der Waals surface area (Å²) in [4.78, 5) is 0. The Morgan fingerprint density at radius 1 is 1.58 bits per heavy atom. The number of ether oxygens (including phenoxy) is 1. The lowest BCUT2D eigenvalue weighted by Gasteiger charge is -2.03. The van der Waals surface area contributed by atoms with Gasteiger partial charge < -0.3 is 4.74 Å². The fraction of sp³-hybridized carbons (Fsp3) is 0.125. The average Bonchev–Trinajstić information content (AvgIpc) is 2.08. The molecule has 0 aliphatic carbocycles. The first-order valence-electron chi connectivity index (χ1n) is 3.23. The van der Waals surface area contributed by atoms with E-state index in [9.17, 15) is 4.39 Å². The van der Waals surface area contributed by atoms with E-state index in [1.54, 1.807) is 6.07 Å². The molecule has 1 aromatic rings. The third-order valence-electron chi connectivity index (χ3n) is 1.40. The van der Waals surface area contributed by atoms with Crippen LogP contribution in [0.25, 0.3) is 0 Å². The Morgan fingerprint density at radius 2 is 2.25 bits per heavy atom. The Balaban J connectivity index is 3.16. The van der Waals surface area contributed by atoms with Crippen molar-refractivity contribution < 1.29 is 9.13 Å². The minimum absolute atomic E-state index is 0.00528. The monoisotopic (exact) mass is 187 g/mol. The van der Waals surface area contributed by atoms with Gasteiger partial charge >= 0.3 is 0 Å². The highest BCUT2D eigenvalue weighted by Crippen LogP contribution is 2.18. The fourth-order valence-electron chi connectivity index (χ4n) is 0.789. The molecule has 0 aliphatic heterocycles. The van der Waals surface area contributed by atoms with Gasteiger partial charge in [-0.3, -0.25) is 5.41 Å². The first-order chi connectivity index (χ1) is 5.66. The lowest BCUT2D eigenvalue weighted by atomic mass is 10.2. The first kappa shape index (κ1) is 9.00. The molecule has 1 aromatic carbocycles. The summed E-state index contributed by atoms with van der Waals surface area (Å²) in [6.45, 7) is 0. The maximum atomic E-state index is 13.1. The van der Waals surface area contributed by atoms with Gasteiger partial charge in [-0.25, -0.2) is 4.39 Å². The van der Waals surface area contributed by atoms with Crippen molar-refractivity contribution in [1.29, 1.82) is 5.41 Å². The van der Waals surface area contributed by atoms with Gasteiger partial charge in [0.15, 0.2) is 5.82 Å². The van der Waals surface area contributed by atoms with E-state index >= 15 is 0 Å². The summed E-state index contributed by atoms with van der Waals surface area (Å²) in [5, 5.41) is 7.19. The molecule has 0 aliphatic rings. The van der Waals surface area contributed by atoms with E-state index in [1.807, 2.05) is 0 Å². The van der Waals surface area contributed by atoms with Crippen molar-refractivity contribution >= 4 is 17.5 Å². The van der Waals surface area contributed by atoms with Gasteiger partial charge in [0.2, 0.25) is 5.90 Å². The molecular formula is C8H7ClFNO. The Labute approximate surface area is 74.4 Å². The number of benzene rings is 1. The molecule has 4 heteroatoms. The van der Waals surface area contributed by atoms with E-state index in [4.69, 9.17) is 17.0 Å². The summed E-state index contributed by atoms with van der Waals surface area (Å²) in [5.41, 5.74) is 0.0741. The molecule has 0 amide bonds. The molecule has 0 saturated carbocycles. The molecule has 0 spiro atoms. The Morgan fingerprint density at radius 3 is 2.83 bits per heavy atom. The van der Waals surface area contributed by atoms with Gasteiger partial charge in [0.1, 0.15) is 0 Å². The molecule has 0 unspecified atom stereocenters. The van der Waals surface area contributed by atoms with E-state index in [0.717, 1.165) is 0 Å². The zero-order valence-corrected chi connectivity index (χ0v) is 7.15. The van der Waals surface area contributed by atoms with Crippen LogP contribution in [0, 0.1) is 11.2 Å². The zero-order valence-electron chi connectivity index (χ0n) is 6.40. The van der Waals surface area contributed by atoms with Crippen LogP contribution in [0.4, 0.5) is 4.39 Å². The summed E-state index contributed by atoms with van der Waals surface area (Å²) in [6, 6.07) is 4.42. The topological polar surface area (TPSA) is 33.1 Å². The number of nitrogens with one attached hydrogen (secondary N) is 1. The predicted octanol–water partition coefficient (Wildman–Crippen LogP) is 2.45. The second kappa shape index (κ2) is 3.54. The van der Waals surface area contributed by atoms with Crippen molar-refractivity contribution in [3.8, 4) is 0 Å². The van der Waals surface area contributed by atoms with Crippen molar-refractivity contribution in [2.75, 3.05) is 7.11 Å². The smallest absolute Gasteiger partial charge is 0.215 e. The van der Waals surface area contributed by atoms with Crippen LogP contribution < -0.4 is 0 Å². The standard InChI is InChI=1S/C8H7ClFNO/c1-12-8(11)5-3-2-4-6(9)7(5)10/h2-4,11H,1H3. The third-order valence-corrected chi connectivity index (χ3v) is 1.69. The van der Waals surface area contributed by atoms with Gasteiger partial charge in [0.05, 0.1) is 17.7 Å². The molecular weight excluding hydrogens is 181 g/mol. The van der Waals surface area contributed by atoms with Gasteiger partial charge in [-0.1, -0.05) is 17.7 Å². The van der Waals surface area contributed by atoms with E-state index in [1.165, 1.54) is 19.2 Å². The van der Waals surface area contributed by atoms with Gasteiger partial charge in [-0.15, -0.1) is 0 Å². The maximum Gasteiger partial charge on any atom is 0.215 e. The molecule has 64 valence electrons. The summed E-state index contributed by atoms with van der Waals surface area (Å²) < 4.78 is 17.6. The van der Waals surface area contributed by atoms with Gasteiger partial charge in [-0.05, 0) is 12.1 Å². The zero-order chi connectivity index (χ0) is 9.14. The molecule has 0 atom stereocenters. The third kappa shape index (κ3) is 1.56. The van der Waals surface area contributed by atoms with Crippen LogP contribution in [0.15, 0.2) is 18.2 Å². The summed E-state index contributed by atoms with van der Waals surface area (Å²) >= 11 is 5.49. The fourth-order valence-corrected chi connectivity index (χ4v) is 0.964. The quantitative estimate of drug-likeness (QED) is 0.532. The molecule has 0 bridgehead atoms. The summed E-state index contributed by atoms with van der Waals surface area (Å²) in [5.74, 6) is -0.846. The molecule has 12 heavy (non-hydrogen) atoms. The molecule has 1 rings (SSSR count). The SMILES string of the molecule is COC(=N)c1cccc(Cl)c1F. The lowest BCUT2D eigenvalue weighted by molar-refractivity contribution is 0.398. The van der Waals surface area contributed by atoms with E-state index < -0.39 is 5.82 Å². The molecule has 0 fully saturated rings. The minimum Gasteiger partial charge on any atom is -0.481 e. The molecule has 2 nitrogen and oxygen atoms in total. The lowest BCUT2D eigenvalue weighted by Crippen LogP contribution is -2.04. The summed E-state index contributed by atoms with van der Waals surface area (Å²) in [6.07, 6.45) is 0. The van der Waals surface area contributed by atoms with Crippen LogP contribution in [0.2, 0.25) is 5.02 Å². The molecule has 0 radical (unpaired) electrons. The van der Waals surface area contributed by atoms with E-state index in [-0.39, 0.29) is 16.5 Å². The normalized spacial score (nSPS) is 9.58. The van der Waals surface area contributed by atoms with Gasteiger partial charge in [0.25, 0.3) is 0 Å². The van der Waals surface area contributed by atoms with Gasteiger partial charge in [-0.2, -0.15) is 0 Å². The molecule has 1 N–H and O–H groups in total. The second-order valence-corrected chi connectivity index (χ2v) is 2.54. The van der Waals surface area contributed by atoms with E-state index in [2.05, 4.69) is 4.74 Å². The number of halogens is 2. The van der Waals surface area contributed by atoms with Gasteiger partial charge in [0, 0.05) is 0 Å². The van der Waals surface area contributed by atoms with Crippen molar-refractivity contribution in [2.24, 2.45) is 0 Å². The summed E-state index contributed by atoms with van der Waals surface area (Å²) in [7, 11) is 1.31. The maximum absolute atomic E-state index is 13.1. The first-order valence-corrected chi connectivity index (χ1v) is 3.61. The number of rotatable bonds is 1. The van der Waals surface area contributed by atoms with Crippen molar-refractivity contribution in [3.05, 3.63) is 34.6 Å². The number of methoxy groups -OCH3 is 1. The largest absolute Gasteiger partial charge is 0.481 e. The van der Waals surface area contributed by atoms with Crippen LogP contribution in [-0.2, 0) is 4.74 Å². The van der Waals surface area contributed by atoms with Crippen LogP contribution in [0.5, 0.6) is 0 Å². The second-order valence-electron chi connectivity index (χ2n) is 2.13. The average molecular weight is 188 g/mol. The minimum atomic E-state index is -0.619. The Kier molecular flexibility index (Phi) is 2.65. The predicted molar refractivity (Wildman–Crippen MR) is 45.2 cm³/mol. The molecule has 0 aromatic heterocycles. The van der Waals surface area contributed by atoms with E-state index in [0.29, 0.717) is 0 Å². The molecule has 0 saturated heterocycles. The number of hydrogen-bond donors (Lipinski definition) is 1. The van der Waals surface area contributed by atoms with Crippen molar-refractivity contribution in [3.63, 3.8) is 0 Å². The van der Waals surface area contributed by atoms with Crippen LogP contribution in [0.3, 0.4) is 0 Å². The Hall–Kier alpha value is -1.09. The number of hydrogen-bond acceptors (Lipinski definition) is 2. The van der Waals surface area contributed by atoms with Crippen molar-refractivity contribution in [2.45, 2.75) is 0 Å². The highest BCUT2D eigenvalue weighted by atomic mass is 35.5. The molecule has 0 heterocycles. The van der Waals surface area contributed by atoms with Crippen LogP contribution in [-0.4, -0.2) is 13.0 Å². The highest BCUT2D eigenvalue weighted by molar-refractivity contribution is 6.31. The van der Waals surface area contributed by atoms with Crippen molar-refractivity contribution in [1.82, 2.24) is 0 Å².